The molecule has 0 aliphatic heterocycles. The lowest BCUT2D eigenvalue weighted by atomic mass is 10.1. The Morgan fingerprint density at radius 1 is 1.38 bits per heavy atom. The Morgan fingerprint density at radius 2 is 2.19 bits per heavy atom. The first-order valence-electron chi connectivity index (χ1n) is 7.01. The van der Waals surface area contributed by atoms with Gasteiger partial charge in [-0.1, -0.05) is 6.92 Å². The van der Waals surface area contributed by atoms with Crippen molar-refractivity contribution in [3.63, 3.8) is 0 Å². The Kier molecular flexibility index (Phi) is 3.51. The molecule has 0 spiro atoms. The molecule has 0 aliphatic rings. The quantitative estimate of drug-likeness (QED) is 0.800. The van der Waals surface area contributed by atoms with Gasteiger partial charge in [0.15, 0.2) is 0 Å². The van der Waals surface area contributed by atoms with E-state index in [1.165, 1.54) is 12.1 Å². The standard InChI is InChI=1S/C16H18FN3O/c1-4-18-16(13-9-20(3)19-10(13)2)15-8-11-7-12(17)5-6-14(11)21-15/h5-9,16,18H,4H2,1-3H3. The van der Waals surface area contributed by atoms with Gasteiger partial charge < -0.3 is 9.73 Å². The molecule has 1 aromatic carbocycles. The molecule has 0 saturated heterocycles. The topological polar surface area (TPSA) is 43.0 Å². The number of nitrogens with one attached hydrogen (secondary N) is 1. The minimum absolute atomic E-state index is 0.0841. The van der Waals surface area contributed by atoms with Crippen LogP contribution in [0.5, 0.6) is 0 Å². The molecule has 1 atom stereocenters. The van der Waals surface area contributed by atoms with Gasteiger partial charge in [-0.2, -0.15) is 5.10 Å². The number of hydrogen-bond donors (Lipinski definition) is 1. The zero-order chi connectivity index (χ0) is 15.0. The van der Waals surface area contributed by atoms with Crippen molar-refractivity contribution in [1.82, 2.24) is 15.1 Å². The summed E-state index contributed by atoms with van der Waals surface area (Å²) in [6.45, 7) is 4.81. The fourth-order valence-electron chi connectivity index (χ4n) is 2.65. The molecule has 21 heavy (non-hydrogen) atoms. The lowest BCUT2D eigenvalue weighted by molar-refractivity contribution is 0.476. The van der Waals surface area contributed by atoms with Gasteiger partial charge >= 0.3 is 0 Å². The molecule has 1 unspecified atom stereocenters. The predicted molar refractivity (Wildman–Crippen MR) is 79.6 cm³/mol. The Balaban J connectivity index is 2.08. The lowest BCUT2D eigenvalue weighted by Crippen LogP contribution is -2.21. The summed E-state index contributed by atoms with van der Waals surface area (Å²) in [5.41, 5.74) is 2.71. The third-order valence-electron chi connectivity index (χ3n) is 3.55. The van der Waals surface area contributed by atoms with Gasteiger partial charge in [0.1, 0.15) is 17.2 Å². The molecule has 3 aromatic rings. The van der Waals surface area contributed by atoms with Crippen LogP contribution in [0, 0.1) is 12.7 Å². The van der Waals surface area contributed by atoms with E-state index in [0.29, 0.717) is 5.58 Å². The summed E-state index contributed by atoms with van der Waals surface area (Å²) in [6.07, 6.45) is 1.98. The van der Waals surface area contributed by atoms with E-state index in [-0.39, 0.29) is 11.9 Å². The molecule has 2 heterocycles. The third-order valence-corrected chi connectivity index (χ3v) is 3.55. The maximum Gasteiger partial charge on any atom is 0.134 e. The van der Waals surface area contributed by atoms with Crippen LogP contribution < -0.4 is 5.32 Å². The normalized spacial score (nSPS) is 13.0. The van der Waals surface area contributed by atoms with Crippen LogP contribution in [0.3, 0.4) is 0 Å². The molecule has 0 saturated carbocycles. The minimum Gasteiger partial charge on any atom is -0.459 e. The number of aryl methyl sites for hydroxylation is 2. The zero-order valence-corrected chi connectivity index (χ0v) is 12.4. The highest BCUT2D eigenvalue weighted by atomic mass is 19.1. The fraction of sp³-hybridized carbons (Fsp3) is 0.312. The van der Waals surface area contributed by atoms with Crippen molar-refractivity contribution in [3.8, 4) is 0 Å². The second-order valence-corrected chi connectivity index (χ2v) is 5.17. The second kappa shape index (κ2) is 5.33. The van der Waals surface area contributed by atoms with E-state index in [0.717, 1.165) is 28.9 Å². The Bertz CT molecular complexity index is 775. The maximum atomic E-state index is 13.3. The first-order chi connectivity index (χ1) is 10.1. The van der Waals surface area contributed by atoms with Crippen molar-refractivity contribution in [1.29, 1.82) is 0 Å². The summed E-state index contributed by atoms with van der Waals surface area (Å²) in [7, 11) is 1.90. The molecule has 2 aromatic heterocycles. The van der Waals surface area contributed by atoms with Gasteiger partial charge in [0.2, 0.25) is 0 Å². The van der Waals surface area contributed by atoms with E-state index >= 15 is 0 Å². The molecular formula is C16H18FN3O. The van der Waals surface area contributed by atoms with Crippen molar-refractivity contribution >= 4 is 11.0 Å². The van der Waals surface area contributed by atoms with Crippen molar-refractivity contribution in [2.24, 2.45) is 7.05 Å². The average molecular weight is 287 g/mol. The molecule has 0 bridgehead atoms. The van der Waals surface area contributed by atoms with Crippen LogP contribution in [0.2, 0.25) is 0 Å². The largest absolute Gasteiger partial charge is 0.459 e. The number of furan rings is 1. The summed E-state index contributed by atoms with van der Waals surface area (Å²) in [5, 5.41) is 8.56. The number of rotatable bonds is 4. The van der Waals surface area contributed by atoms with Crippen molar-refractivity contribution in [3.05, 3.63) is 53.3 Å². The Labute approximate surface area is 122 Å². The molecule has 5 heteroatoms. The Hall–Kier alpha value is -2.14. The number of aromatic nitrogens is 2. The van der Waals surface area contributed by atoms with Crippen LogP contribution in [-0.4, -0.2) is 16.3 Å². The number of hydrogen-bond acceptors (Lipinski definition) is 3. The molecule has 110 valence electrons. The lowest BCUT2D eigenvalue weighted by Gasteiger charge is -2.14. The van der Waals surface area contributed by atoms with Gasteiger partial charge in [-0.05, 0) is 37.7 Å². The first-order valence-corrected chi connectivity index (χ1v) is 7.01. The van der Waals surface area contributed by atoms with E-state index in [2.05, 4.69) is 10.4 Å². The van der Waals surface area contributed by atoms with E-state index < -0.39 is 0 Å². The smallest absolute Gasteiger partial charge is 0.134 e. The number of fused-ring (bicyclic) bond motifs is 1. The SMILES string of the molecule is CCNC(c1cc2cc(F)ccc2o1)c1cn(C)nc1C. The molecule has 0 radical (unpaired) electrons. The summed E-state index contributed by atoms with van der Waals surface area (Å²) < 4.78 is 21.0. The Morgan fingerprint density at radius 3 is 2.86 bits per heavy atom. The summed E-state index contributed by atoms with van der Waals surface area (Å²) >= 11 is 0. The van der Waals surface area contributed by atoms with Crippen molar-refractivity contribution in [2.45, 2.75) is 19.9 Å². The summed E-state index contributed by atoms with van der Waals surface area (Å²) in [5.74, 6) is 0.515. The fourth-order valence-corrected chi connectivity index (χ4v) is 2.65. The highest BCUT2D eigenvalue weighted by Gasteiger charge is 2.21. The highest BCUT2D eigenvalue weighted by molar-refractivity contribution is 5.78. The maximum absolute atomic E-state index is 13.3. The molecule has 0 fully saturated rings. The third kappa shape index (κ3) is 2.56. The summed E-state index contributed by atoms with van der Waals surface area (Å²) in [4.78, 5) is 0. The minimum atomic E-state index is -0.257. The molecule has 0 amide bonds. The summed E-state index contributed by atoms with van der Waals surface area (Å²) in [6, 6.07) is 6.36. The highest BCUT2D eigenvalue weighted by Crippen LogP contribution is 2.29. The van der Waals surface area contributed by atoms with E-state index in [1.54, 1.807) is 10.7 Å². The van der Waals surface area contributed by atoms with Gasteiger partial charge in [-0.3, -0.25) is 4.68 Å². The van der Waals surface area contributed by atoms with Crippen LogP contribution in [0.25, 0.3) is 11.0 Å². The van der Waals surface area contributed by atoms with E-state index in [1.807, 2.05) is 33.2 Å². The van der Waals surface area contributed by atoms with Crippen LogP contribution >= 0.6 is 0 Å². The molecule has 3 rings (SSSR count). The number of halogens is 1. The van der Waals surface area contributed by atoms with Gasteiger partial charge in [0.05, 0.1) is 11.7 Å². The van der Waals surface area contributed by atoms with Gasteiger partial charge in [-0.15, -0.1) is 0 Å². The van der Waals surface area contributed by atoms with E-state index in [9.17, 15) is 4.39 Å². The number of benzene rings is 1. The van der Waals surface area contributed by atoms with Gasteiger partial charge in [0, 0.05) is 24.2 Å². The van der Waals surface area contributed by atoms with E-state index in [4.69, 9.17) is 4.42 Å². The van der Waals surface area contributed by atoms with Crippen molar-refractivity contribution in [2.75, 3.05) is 6.54 Å². The van der Waals surface area contributed by atoms with Crippen molar-refractivity contribution < 1.29 is 8.81 Å². The molecular weight excluding hydrogens is 269 g/mol. The zero-order valence-electron chi connectivity index (χ0n) is 12.4. The molecule has 0 aliphatic carbocycles. The van der Waals surface area contributed by atoms with Crippen LogP contribution in [0.15, 0.2) is 34.9 Å². The number of nitrogens with zero attached hydrogens (tertiary/aromatic N) is 2. The van der Waals surface area contributed by atoms with Crippen LogP contribution in [0.1, 0.15) is 30.0 Å². The second-order valence-electron chi connectivity index (χ2n) is 5.17. The van der Waals surface area contributed by atoms with Gasteiger partial charge in [-0.25, -0.2) is 4.39 Å². The van der Waals surface area contributed by atoms with Crippen LogP contribution in [0.4, 0.5) is 4.39 Å². The predicted octanol–water partition coefficient (Wildman–Crippen LogP) is 3.31. The first kappa shape index (κ1) is 13.8. The van der Waals surface area contributed by atoms with Crippen LogP contribution in [-0.2, 0) is 7.05 Å². The molecule has 4 nitrogen and oxygen atoms in total. The average Bonchev–Trinajstić information content (AvgIpc) is 2.98. The molecule has 1 N–H and O–H groups in total. The van der Waals surface area contributed by atoms with Gasteiger partial charge in [0.25, 0.3) is 0 Å². The monoisotopic (exact) mass is 287 g/mol.